The van der Waals surface area contributed by atoms with Crippen LogP contribution in [0.1, 0.15) is 36.6 Å². The number of hydrogen-bond donors (Lipinski definition) is 3. The van der Waals surface area contributed by atoms with E-state index in [9.17, 15) is 9.59 Å². The quantitative estimate of drug-likeness (QED) is 0.310. The van der Waals surface area contributed by atoms with Gasteiger partial charge in [0.15, 0.2) is 0 Å². The summed E-state index contributed by atoms with van der Waals surface area (Å²) in [6, 6.07) is 18.2. The lowest BCUT2D eigenvalue weighted by molar-refractivity contribution is 0.252. The van der Waals surface area contributed by atoms with Crippen LogP contribution in [0.25, 0.3) is 21.5 Å². The van der Waals surface area contributed by atoms with Crippen LogP contribution in [0.5, 0.6) is 0 Å². The number of H-pyrrole nitrogens is 1. The molecule has 6 nitrogen and oxygen atoms in total. The zero-order valence-corrected chi connectivity index (χ0v) is 17.8. The Balaban J connectivity index is 1.69. The number of rotatable bonds is 6. The summed E-state index contributed by atoms with van der Waals surface area (Å²) in [5.74, 6) is 0.156. The lowest BCUT2D eigenvalue weighted by Gasteiger charge is -2.13. The Morgan fingerprint density at radius 3 is 2.26 bits per heavy atom. The number of fused-ring (bicyclic) bond motifs is 2. The van der Waals surface area contributed by atoms with Crippen molar-refractivity contribution in [2.24, 2.45) is 0 Å². The van der Waals surface area contributed by atoms with E-state index >= 15 is 0 Å². The number of benzene rings is 3. The fourth-order valence-electron chi connectivity index (χ4n) is 3.88. The van der Waals surface area contributed by atoms with Gasteiger partial charge in [-0.25, -0.2) is 9.78 Å². The number of amides is 2. The zero-order valence-electron chi connectivity index (χ0n) is 17.8. The van der Waals surface area contributed by atoms with Gasteiger partial charge >= 0.3 is 6.03 Å². The van der Waals surface area contributed by atoms with Crippen LogP contribution in [0.4, 0.5) is 10.7 Å². The highest BCUT2D eigenvalue weighted by atomic mass is 16.2. The van der Waals surface area contributed by atoms with Crippen molar-refractivity contribution in [3.05, 3.63) is 81.8 Å². The highest BCUT2D eigenvalue weighted by Crippen LogP contribution is 2.30. The fraction of sp³-hybridized carbons (Fsp3) is 0.240. The van der Waals surface area contributed by atoms with E-state index in [1.54, 1.807) is 6.92 Å². The predicted molar refractivity (Wildman–Crippen MR) is 126 cm³/mol. The Kier molecular flexibility index (Phi) is 5.98. The molecule has 0 aliphatic heterocycles. The predicted octanol–water partition coefficient (Wildman–Crippen LogP) is 4.90. The van der Waals surface area contributed by atoms with Crippen molar-refractivity contribution < 1.29 is 4.79 Å². The fourth-order valence-corrected chi connectivity index (χ4v) is 3.88. The molecular weight excluding hydrogens is 388 g/mol. The minimum Gasteiger partial charge on any atom is -0.338 e. The standard InChI is InChI=1S/C25H26N4O2/c1-3-4-13-26-25(31)29-24-27-16(2)21(23(30)28-24)15-22-19-11-7-5-9-17(19)14-18-10-6-8-12-20(18)22/h5-12,14H,3-4,13,15H2,1-2H3,(H3,26,27,28,29,30,31). The Hall–Kier alpha value is -3.67. The Bertz CT molecular complexity index is 1260. The number of carbonyl (C=O) groups excluding carboxylic acids is 1. The van der Waals surface area contributed by atoms with E-state index in [4.69, 9.17) is 0 Å². The Morgan fingerprint density at radius 1 is 1.00 bits per heavy atom. The summed E-state index contributed by atoms with van der Waals surface area (Å²) in [5.41, 5.74) is 2.05. The largest absolute Gasteiger partial charge is 0.338 e. The number of nitrogens with zero attached hydrogens (tertiary/aromatic N) is 1. The van der Waals surface area contributed by atoms with Gasteiger partial charge in [0.25, 0.3) is 5.56 Å². The van der Waals surface area contributed by atoms with Crippen LogP contribution < -0.4 is 16.2 Å². The summed E-state index contributed by atoms with van der Waals surface area (Å²) >= 11 is 0. The minimum atomic E-state index is -0.371. The number of carbonyl (C=O) groups is 1. The molecule has 3 N–H and O–H groups in total. The van der Waals surface area contributed by atoms with Gasteiger partial charge in [0.05, 0.1) is 5.69 Å². The number of nitrogens with one attached hydrogen (secondary N) is 3. The molecule has 3 aromatic carbocycles. The lowest BCUT2D eigenvalue weighted by atomic mass is 9.92. The van der Waals surface area contributed by atoms with Crippen molar-refractivity contribution in [1.82, 2.24) is 15.3 Å². The molecule has 0 spiro atoms. The number of hydrogen-bond acceptors (Lipinski definition) is 3. The maximum Gasteiger partial charge on any atom is 0.321 e. The molecule has 0 unspecified atom stereocenters. The summed E-state index contributed by atoms with van der Waals surface area (Å²) in [4.78, 5) is 32.1. The van der Waals surface area contributed by atoms with Gasteiger partial charge in [-0.3, -0.25) is 15.1 Å². The number of aromatic nitrogens is 2. The van der Waals surface area contributed by atoms with Crippen molar-refractivity contribution in [1.29, 1.82) is 0 Å². The number of unbranched alkanes of at least 4 members (excludes halogenated alkanes) is 1. The number of aromatic amines is 1. The van der Waals surface area contributed by atoms with E-state index in [-0.39, 0.29) is 17.5 Å². The van der Waals surface area contributed by atoms with Gasteiger partial charge < -0.3 is 5.32 Å². The molecule has 0 bridgehead atoms. The molecule has 2 amide bonds. The molecule has 0 radical (unpaired) electrons. The molecule has 1 aromatic heterocycles. The van der Waals surface area contributed by atoms with Crippen LogP contribution in [0.2, 0.25) is 0 Å². The van der Waals surface area contributed by atoms with Crippen molar-refractivity contribution in [3.8, 4) is 0 Å². The number of urea groups is 1. The molecule has 1 heterocycles. The maximum absolute atomic E-state index is 12.9. The SMILES string of the molecule is CCCCNC(=O)Nc1nc(C)c(Cc2c3ccccc3cc3ccccc23)c(=O)[nH]1. The lowest BCUT2D eigenvalue weighted by Crippen LogP contribution is -2.31. The summed E-state index contributed by atoms with van der Waals surface area (Å²) in [7, 11) is 0. The first-order chi connectivity index (χ1) is 15.1. The van der Waals surface area contributed by atoms with Gasteiger partial charge in [-0.2, -0.15) is 0 Å². The van der Waals surface area contributed by atoms with Gasteiger partial charge in [-0.1, -0.05) is 61.9 Å². The molecule has 4 aromatic rings. The zero-order chi connectivity index (χ0) is 21.8. The van der Waals surface area contributed by atoms with Crippen LogP contribution in [0, 0.1) is 6.92 Å². The topological polar surface area (TPSA) is 86.9 Å². The van der Waals surface area contributed by atoms with Gasteiger partial charge in [-0.05, 0) is 46.5 Å². The summed E-state index contributed by atoms with van der Waals surface area (Å²) < 4.78 is 0. The van der Waals surface area contributed by atoms with Gasteiger partial charge in [-0.15, -0.1) is 0 Å². The minimum absolute atomic E-state index is 0.156. The molecule has 0 saturated heterocycles. The van der Waals surface area contributed by atoms with Crippen molar-refractivity contribution in [2.45, 2.75) is 33.1 Å². The third-order valence-electron chi connectivity index (χ3n) is 5.51. The van der Waals surface area contributed by atoms with E-state index < -0.39 is 0 Å². The molecule has 0 saturated carbocycles. The second-order valence-electron chi connectivity index (χ2n) is 7.69. The number of anilines is 1. The van der Waals surface area contributed by atoms with Crippen molar-refractivity contribution in [2.75, 3.05) is 11.9 Å². The normalized spacial score (nSPS) is 11.0. The average molecular weight is 415 g/mol. The van der Waals surface area contributed by atoms with Gasteiger partial charge in [0.1, 0.15) is 0 Å². The third kappa shape index (κ3) is 4.43. The molecule has 0 atom stereocenters. The first-order valence-corrected chi connectivity index (χ1v) is 10.6. The smallest absolute Gasteiger partial charge is 0.321 e. The molecule has 0 aliphatic carbocycles. The second-order valence-corrected chi connectivity index (χ2v) is 7.69. The van der Waals surface area contributed by atoms with Crippen LogP contribution in [-0.4, -0.2) is 22.5 Å². The molecule has 4 rings (SSSR count). The van der Waals surface area contributed by atoms with E-state index in [1.807, 2.05) is 24.3 Å². The average Bonchev–Trinajstić information content (AvgIpc) is 2.75. The second kappa shape index (κ2) is 9.00. The van der Waals surface area contributed by atoms with Crippen LogP contribution in [-0.2, 0) is 6.42 Å². The van der Waals surface area contributed by atoms with Gasteiger partial charge in [0.2, 0.25) is 5.95 Å². The monoisotopic (exact) mass is 414 g/mol. The van der Waals surface area contributed by atoms with E-state index in [0.29, 0.717) is 24.2 Å². The van der Waals surface area contributed by atoms with E-state index in [0.717, 1.165) is 39.9 Å². The molecule has 0 fully saturated rings. The van der Waals surface area contributed by atoms with Gasteiger partial charge in [0, 0.05) is 18.5 Å². The van der Waals surface area contributed by atoms with E-state index in [1.165, 1.54) is 0 Å². The molecule has 158 valence electrons. The molecular formula is C25H26N4O2. The summed E-state index contributed by atoms with van der Waals surface area (Å²) in [5, 5.41) is 9.89. The molecule has 0 aliphatic rings. The number of aryl methyl sites for hydroxylation is 1. The Labute approximate surface area is 180 Å². The Morgan fingerprint density at radius 2 is 1.65 bits per heavy atom. The highest BCUT2D eigenvalue weighted by molar-refractivity contribution is 6.02. The van der Waals surface area contributed by atoms with E-state index in [2.05, 4.69) is 57.9 Å². The molecule has 31 heavy (non-hydrogen) atoms. The van der Waals surface area contributed by atoms with Crippen molar-refractivity contribution in [3.63, 3.8) is 0 Å². The van der Waals surface area contributed by atoms with Crippen LogP contribution >= 0.6 is 0 Å². The van der Waals surface area contributed by atoms with Crippen molar-refractivity contribution >= 4 is 33.5 Å². The van der Waals surface area contributed by atoms with Crippen LogP contribution in [0.15, 0.2) is 59.4 Å². The summed E-state index contributed by atoms with van der Waals surface area (Å²) in [6.07, 6.45) is 2.35. The summed E-state index contributed by atoms with van der Waals surface area (Å²) in [6.45, 7) is 4.44. The molecule has 6 heteroatoms. The first-order valence-electron chi connectivity index (χ1n) is 10.6. The maximum atomic E-state index is 12.9. The highest BCUT2D eigenvalue weighted by Gasteiger charge is 2.14. The van der Waals surface area contributed by atoms with Crippen LogP contribution in [0.3, 0.4) is 0 Å². The third-order valence-corrected chi connectivity index (χ3v) is 5.51. The first kappa shape index (κ1) is 20.6.